The molecule has 0 spiro atoms. The second kappa shape index (κ2) is 4.49. The first-order valence-electron chi connectivity index (χ1n) is 5.83. The molecular formula is C12H25IN2. The molecule has 1 aliphatic rings. The van der Waals surface area contributed by atoms with Crippen LogP contribution in [-0.2, 0) is 0 Å². The van der Waals surface area contributed by atoms with Crippen LogP contribution in [0.2, 0.25) is 0 Å². The third-order valence-corrected chi connectivity index (χ3v) is 3.88. The van der Waals surface area contributed by atoms with Gasteiger partial charge in [0.05, 0.1) is 3.55 Å². The summed E-state index contributed by atoms with van der Waals surface area (Å²) in [5, 5.41) is 0. The van der Waals surface area contributed by atoms with E-state index in [9.17, 15) is 0 Å². The van der Waals surface area contributed by atoms with Crippen LogP contribution < -0.4 is 0 Å². The highest BCUT2D eigenvalue weighted by Gasteiger charge is 2.35. The monoisotopic (exact) mass is 324 g/mol. The summed E-state index contributed by atoms with van der Waals surface area (Å²) in [6.07, 6.45) is 0. The van der Waals surface area contributed by atoms with Gasteiger partial charge in [-0.25, -0.2) is 0 Å². The number of hydrogen-bond donors (Lipinski definition) is 0. The first-order valence-corrected chi connectivity index (χ1v) is 6.91. The Hall–Kier alpha value is 0.650. The minimum absolute atomic E-state index is 0.279. The normalized spacial score (nSPS) is 27.0. The van der Waals surface area contributed by atoms with Crippen molar-refractivity contribution in [2.75, 3.05) is 19.6 Å². The zero-order valence-electron chi connectivity index (χ0n) is 11.0. The molecule has 0 aromatic heterocycles. The second-order valence-electron chi connectivity index (χ2n) is 6.07. The number of piperazine rings is 1. The first-order chi connectivity index (χ1) is 6.62. The van der Waals surface area contributed by atoms with Crippen LogP contribution in [-0.4, -0.2) is 44.6 Å². The Labute approximate surface area is 109 Å². The van der Waals surface area contributed by atoms with E-state index in [1.54, 1.807) is 0 Å². The molecule has 2 nitrogen and oxygen atoms in total. The predicted molar refractivity (Wildman–Crippen MR) is 75.6 cm³/mol. The molecule has 90 valence electrons. The average Bonchev–Trinajstić information content (AvgIpc) is 1.99. The molecule has 0 radical (unpaired) electrons. The number of hydrogen-bond acceptors (Lipinski definition) is 2. The highest BCUT2D eigenvalue weighted by Crippen LogP contribution is 2.29. The summed E-state index contributed by atoms with van der Waals surface area (Å²) in [7, 11) is 0. The minimum atomic E-state index is 0.279. The van der Waals surface area contributed by atoms with Crippen molar-refractivity contribution < 1.29 is 0 Å². The van der Waals surface area contributed by atoms with Gasteiger partial charge in [-0.05, 0) is 41.5 Å². The molecule has 0 N–H and O–H groups in total. The smallest absolute Gasteiger partial charge is 0.0676 e. The van der Waals surface area contributed by atoms with Crippen molar-refractivity contribution in [3.05, 3.63) is 0 Å². The van der Waals surface area contributed by atoms with Gasteiger partial charge in [-0.15, -0.1) is 0 Å². The van der Waals surface area contributed by atoms with Crippen LogP contribution >= 0.6 is 22.6 Å². The fourth-order valence-corrected chi connectivity index (χ4v) is 3.07. The molecule has 15 heavy (non-hydrogen) atoms. The summed E-state index contributed by atoms with van der Waals surface area (Å²) in [5.74, 6) is 0. The molecule has 1 fully saturated rings. The van der Waals surface area contributed by atoms with Gasteiger partial charge in [0, 0.05) is 31.2 Å². The van der Waals surface area contributed by atoms with E-state index in [0.29, 0.717) is 11.6 Å². The van der Waals surface area contributed by atoms with E-state index in [1.807, 2.05) is 0 Å². The van der Waals surface area contributed by atoms with Crippen molar-refractivity contribution in [2.45, 2.75) is 56.7 Å². The fourth-order valence-electron chi connectivity index (χ4n) is 2.36. The van der Waals surface area contributed by atoms with Crippen LogP contribution in [0.15, 0.2) is 0 Å². The predicted octanol–water partition coefficient (Wildman–Crippen LogP) is 2.96. The molecule has 0 saturated carbocycles. The summed E-state index contributed by atoms with van der Waals surface area (Å²) in [5.41, 5.74) is 0.315. The molecule has 0 amide bonds. The number of alkyl halides is 1. The van der Waals surface area contributed by atoms with E-state index in [1.165, 1.54) is 19.6 Å². The van der Waals surface area contributed by atoms with Crippen molar-refractivity contribution in [1.29, 1.82) is 0 Å². The third kappa shape index (κ3) is 3.56. The Kier molecular flexibility index (Phi) is 4.11. The summed E-state index contributed by atoms with van der Waals surface area (Å²) >= 11 is 2.55. The van der Waals surface area contributed by atoms with Gasteiger partial charge in [0.25, 0.3) is 0 Å². The topological polar surface area (TPSA) is 6.48 Å². The summed E-state index contributed by atoms with van der Waals surface area (Å²) in [6, 6.07) is 0.657. The molecule has 0 aliphatic carbocycles. The van der Waals surface area contributed by atoms with Crippen LogP contribution in [0.25, 0.3) is 0 Å². The molecule has 1 heterocycles. The van der Waals surface area contributed by atoms with E-state index in [-0.39, 0.29) is 3.55 Å². The van der Waals surface area contributed by atoms with Crippen LogP contribution in [0.1, 0.15) is 41.5 Å². The van der Waals surface area contributed by atoms with Crippen molar-refractivity contribution in [1.82, 2.24) is 9.80 Å². The summed E-state index contributed by atoms with van der Waals surface area (Å²) < 4.78 is 0.279. The van der Waals surface area contributed by atoms with E-state index >= 15 is 0 Å². The van der Waals surface area contributed by atoms with Crippen molar-refractivity contribution in [2.24, 2.45) is 0 Å². The van der Waals surface area contributed by atoms with Crippen LogP contribution in [0.3, 0.4) is 0 Å². The van der Waals surface area contributed by atoms with Crippen LogP contribution in [0.4, 0.5) is 0 Å². The number of halogens is 1. The van der Waals surface area contributed by atoms with Crippen molar-refractivity contribution in [3.63, 3.8) is 0 Å². The van der Waals surface area contributed by atoms with E-state index in [2.05, 4.69) is 73.9 Å². The molecule has 0 bridgehead atoms. The fraction of sp³-hybridized carbons (Fsp3) is 1.00. The SMILES string of the molecule is CC1CN(C(C)(C)C)CCN1C(C)(C)I. The lowest BCUT2D eigenvalue weighted by Gasteiger charge is -2.49. The molecule has 0 aromatic carbocycles. The Morgan fingerprint density at radius 1 is 1.07 bits per heavy atom. The van der Waals surface area contributed by atoms with Gasteiger partial charge in [-0.2, -0.15) is 0 Å². The Morgan fingerprint density at radius 2 is 1.60 bits per heavy atom. The maximum absolute atomic E-state index is 2.61. The quantitative estimate of drug-likeness (QED) is 0.416. The van der Waals surface area contributed by atoms with Gasteiger partial charge in [-0.1, -0.05) is 22.6 Å². The van der Waals surface area contributed by atoms with E-state index < -0.39 is 0 Å². The zero-order chi connectivity index (χ0) is 11.9. The van der Waals surface area contributed by atoms with Gasteiger partial charge in [0.15, 0.2) is 0 Å². The maximum Gasteiger partial charge on any atom is 0.0676 e. The van der Waals surface area contributed by atoms with Gasteiger partial charge in [0.1, 0.15) is 0 Å². The largest absolute Gasteiger partial charge is 0.296 e. The molecule has 1 rings (SSSR count). The van der Waals surface area contributed by atoms with E-state index in [0.717, 1.165) is 0 Å². The lowest BCUT2D eigenvalue weighted by atomic mass is 10.0. The van der Waals surface area contributed by atoms with Gasteiger partial charge >= 0.3 is 0 Å². The van der Waals surface area contributed by atoms with Gasteiger partial charge in [-0.3, -0.25) is 9.80 Å². The van der Waals surface area contributed by atoms with Crippen molar-refractivity contribution >= 4 is 22.6 Å². The summed E-state index contributed by atoms with van der Waals surface area (Å²) in [4.78, 5) is 5.20. The molecule has 3 heteroatoms. The minimum Gasteiger partial charge on any atom is -0.296 e. The molecule has 0 aromatic rings. The summed E-state index contributed by atoms with van der Waals surface area (Å²) in [6.45, 7) is 17.5. The molecule has 1 unspecified atom stereocenters. The second-order valence-corrected chi connectivity index (χ2v) is 8.71. The number of rotatable bonds is 1. The average molecular weight is 324 g/mol. The maximum atomic E-state index is 2.61. The third-order valence-electron chi connectivity index (χ3n) is 3.26. The Bertz CT molecular complexity index is 215. The van der Waals surface area contributed by atoms with Gasteiger partial charge in [0.2, 0.25) is 0 Å². The standard InChI is InChI=1S/C12H25IN2/c1-10-9-14(11(2,3)4)7-8-15(10)12(5,6)13/h10H,7-9H2,1-6H3. The highest BCUT2D eigenvalue weighted by molar-refractivity contribution is 14.1. The molecular weight excluding hydrogens is 299 g/mol. The number of nitrogens with zero attached hydrogens (tertiary/aromatic N) is 2. The molecule has 1 aliphatic heterocycles. The molecule has 1 atom stereocenters. The molecule has 1 saturated heterocycles. The Morgan fingerprint density at radius 3 is 1.93 bits per heavy atom. The lowest BCUT2D eigenvalue weighted by Crippen LogP contribution is -2.60. The van der Waals surface area contributed by atoms with Crippen LogP contribution in [0, 0.1) is 0 Å². The highest BCUT2D eigenvalue weighted by atomic mass is 127. The Balaban J connectivity index is 2.64. The first kappa shape index (κ1) is 13.7. The zero-order valence-corrected chi connectivity index (χ0v) is 13.1. The van der Waals surface area contributed by atoms with Crippen LogP contribution in [0.5, 0.6) is 0 Å². The van der Waals surface area contributed by atoms with Gasteiger partial charge < -0.3 is 0 Å². The van der Waals surface area contributed by atoms with E-state index in [4.69, 9.17) is 0 Å². The lowest BCUT2D eigenvalue weighted by molar-refractivity contribution is 0.00968. The van der Waals surface area contributed by atoms with Crippen molar-refractivity contribution in [3.8, 4) is 0 Å².